The molecule has 0 amide bonds. The number of carboxylic acid groups (broad SMARTS) is 1. The van der Waals surface area contributed by atoms with Crippen LogP contribution in [0.5, 0.6) is 0 Å². The molecule has 0 heterocycles. The topological polar surface area (TPSA) is 49.3 Å². The third kappa shape index (κ3) is 6.90. The molecule has 78 valence electrons. The van der Waals surface area contributed by atoms with Gasteiger partial charge in [-0.15, -0.1) is 0 Å². The van der Waals surface area contributed by atoms with Crippen LogP contribution in [-0.2, 0) is 4.79 Å². The van der Waals surface area contributed by atoms with E-state index in [1.165, 1.54) is 0 Å². The van der Waals surface area contributed by atoms with Crippen LogP contribution in [0.3, 0.4) is 0 Å². The van der Waals surface area contributed by atoms with Gasteiger partial charge in [0.2, 0.25) is 0 Å². The van der Waals surface area contributed by atoms with Crippen LogP contribution in [0.4, 0.5) is 0 Å². The summed E-state index contributed by atoms with van der Waals surface area (Å²) in [6.07, 6.45) is 1.69. The molecule has 0 fully saturated rings. The number of carbonyl (C=O) groups is 1. The van der Waals surface area contributed by atoms with Crippen molar-refractivity contribution in [1.29, 1.82) is 0 Å². The fourth-order valence-corrected chi connectivity index (χ4v) is 1.67. The maximum Gasteiger partial charge on any atom is 0.320 e. The Morgan fingerprint density at radius 1 is 1.54 bits per heavy atom. The van der Waals surface area contributed by atoms with Crippen molar-refractivity contribution in [1.82, 2.24) is 5.32 Å². The lowest BCUT2D eigenvalue weighted by Crippen LogP contribution is -2.37. The van der Waals surface area contributed by atoms with Gasteiger partial charge in [0.05, 0.1) is 0 Å². The number of thioether (sulfide) groups is 1. The van der Waals surface area contributed by atoms with E-state index in [2.05, 4.69) is 12.2 Å². The molecule has 2 N–H and O–H groups in total. The van der Waals surface area contributed by atoms with E-state index < -0.39 is 5.97 Å². The largest absolute Gasteiger partial charge is 0.480 e. The third-order valence-corrected chi connectivity index (χ3v) is 2.63. The molecule has 0 aromatic heterocycles. The van der Waals surface area contributed by atoms with E-state index in [9.17, 15) is 4.79 Å². The molecule has 0 aliphatic carbocycles. The van der Waals surface area contributed by atoms with Crippen LogP contribution in [-0.4, -0.2) is 35.2 Å². The first-order chi connectivity index (χ1) is 6.22. The van der Waals surface area contributed by atoms with Gasteiger partial charge in [-0.3, -0.25) is 4.79 Å². The first-order valence-electron chi connectivity index (χ1n) is 4.76. The average Bonchev–Trinajstić information content (AvgIpc) is 2.10. The van der Waals surface area contributed by atoms with Crippen LogP contribution in [0.2, 0.25) is 0 Å². The van der Waals surface area contributed by atoms with Crippen LogP contribution in [0.25, 0.3) is 0 Å². The molecule has 0 aliphatic rings. The van der Waals surface area contributed by atoms with Crippen molar-refractivity contribution in [2.45, 2.75) is 32.7 Å². The predicted octanol–water partition coefficient (Wildman–Crippen LogP) is 1.58. The van der Waals surface area contributed by atoms with E-state index in [0.29, 0.717) is 6.42 Å². The van der Waals surface area contributed by atoms with Crippen molar-refractivity contribution in [3.63, 3.8) is 0 Å². The summed E-state index contributed by atoms with van der Waals surface area (Å²) < 4.78 is 0. The zero-order valence-corrected chi connectivity index (χ0v) is 9.19. The Balaban J connectivity index is 3.61. The number of nitrogens with one attached hydrogen (secondary N) is 1. The smallest absolute Gasteiger partial charge is 0.320 e. The minimum Gasteiger partial charge on any atom is -0.480 e. The highest BCUT2D eigenvalue weighted by molar-refractivity contribution is 7.99. The summed E-state index contributed by atoms with van der Waals surface area (Å²) in [6.45, 7) is 4.90. The second-order valence-electron chi connectivity index (χ2n) is 2.83. The minimum absolute atomic E-state index is 0.362. The zero-order valence-electron chi connectivity index (χ0n) is 8.38. The lowest BCUT2D eigenvalue weighted by atomic mass is 10.2. The van der Waals surface area contributed by atoms with E-state index in [-0.39, 0.29) is 6.04 Å². The average molecular weight is 205 g/mol. The monoisotopic (exact) mass is 205 g/mol. The van der Waals surface area contributed by atoms with E-state index in [1.54, 1.807) is 11.8 Å². The summed E-state index contributed by atoms with van der Waals surface area (Å²) in [7, 11) is 0. The van der Waals surface area contributed by atoms with Crippen LogP contribution in [0.15, 0.2) is 0 Å². The molecule has 0 saturated heterocycles. The molecule has 0 rings (SSSR count). The van der Waals surface area contributed by atoms with Crippen molar-refractivity contribution < 1.29 is 9.90 Å². The molecule has 0 aromatic carbocycles. The molecule has 13 heavy (non-hydrogen) atoms. The lowest BCUT2D eigenvalue weighted by Gasteiger charge is -2.12. The molecule has 0 saturated carbocycles. The standard InChI is InChI=1S/C9H19NO2S/c1-3-6-10-8(9(11)12)5-7-13-4-2/h8,10H,3-7H2,1-2H3,(H,11,12). The molecule has 0 spiro atoms. The molecule has 1 atom stereocenters. The van der Waals surface area contributed by atoms with E-state index >= 15 is 0 Å². The van der Waals surface area contributed by atoms with Gasteiger partial charge in [0.1, 0.15) is 6.04 Å². The molecule has 4 heteroatoms. The van der Waals surface area contributed by atoms with Gasteiger partial charge in [-0.05, 0) is 30.9 Å². The molecule has 0 radical (unpaired) electrons. The zero-order chi connectivity index (χ0) is 10.1. The SMILES string of the molecule is CCCNC(CCSCC)C(=O)O. The molecule has 0 bridgehead atoms. The summed E-state index contributed by atoms with van der Waals surface area (Å²) in [5.41, 5.74) is 0. The lowest BCUT2D eigenvalue weighted by molar-refractivity contribution is -0.139. The third-order valence-electron chi connectivity index (χ3n) is 1.69. The maximum absolute atomic E-state index is 10.7. The van der Waals surface area contributed by atoms with Gasteiger partial charge in [-0.1, -0.05) is 13.8 Å². The van der Waals surface area contributed by atoms with Crippen LogP contribution in [0.1, 0.15) is 26.7 Å². The van der Waals surface area contributed by atoms with E-state index in [0.717, 1.165) is 24.5 Å². The van der Waals surface area contributed by atoms with Crippen molar-refractivity contribution in [2.24, 2.45) is 0 Å². The number of hydrogen-bond acceptors (Lipinski definition) is 3. The van der Waals surface area contributed by atoms with Crippen LogP contribution in [0, 0.1) is 0 Å². The first-order valence-corrected chi connectivity index (χ1v) is 5.91. The summed E-state index contributed by atoms with van der Waals surface area (Å²) >= 11 is 1.78. The first kappa shape index (κ1) is 12.8. The molecular weight excluding hydrogens is 186 g/mol. The summed E-state index contributed by atoms with van der Waals surface area (Å²) in [5, 5.41) is 11.8. The van der Waals surface area contributed by atoms with Crippen molar-refractivity contribution in [3.8, 4) is 0 Å². The number of rotatable bonds is 8. The van der Waals surface area contributed by atoms with Crippen molar-refractivity contribution in [3.05, 3.63) is 0 Å². The Morgan fingerprint density at radius 2 is 2.23 bits per heavy atom. The fourth-order valence-electron chi connectivity index (χ4n) is 0.977. The second-order valence-corrected chi connectivity index (χ2v) is 4.22. The molecule has 0 aliphatic heterocycles. The quantitative estimate of drug-likeness (QED) is 0.591. The summed E-state index contributed by atoms with van der Waals surface area (Å²) in [6, 6.07) is -0.362. The Bertz CT molecular complexity index is 142. The second kappa shape index (κ2) is 8.38. The van der Waals surface area contributed by atoms with E-state index in [4.69, 9.17) is 5.11 Å². The fraction of sp³-hybridized carbons (Fsp3) is 0.889. The Hall–Kier alpha value is -0.220. The Labute approximate surface area is 84.3 Å². The van der Waals surface area contributed by atoms with Gasteiger partial charge in [0, 0.05) is 0 Å². The van der Waals surface area contributed by atoms with Crippen molar-refractivity contribution >= 4 is 17.7 Å². The molecular formula is C9H19NO2S. The highest BCUT2D eigenvalue weighted by atomic mass is 32.2. The molecule has 1 unspecified atom stereocenters. The van der Waals surface area contributed by atoms with Crippen molar-refractivity contribution in [2.75, 3.05) is 18.1 Å². The number of aliphatic carboxylic acids is 1. The minimum atomic E-state index is -0.731. The van der Waals surface area contributed by atoms with E-state index in [1.807, 2.05) is 6.92 Å². The van der Waals surface area contributed by atoms with Crippen LogP contribution < -0.4 is 5.32 Å². The predicted molar refractivity (Wildman–Crippen MR) is 57.3 cm³/mol. The summed E-state index contributed by atoms with van der Waals surface area (Å²) in [5.74, 6) is 1.25. The highest BCUT2D eigenvalue weighted by Gasteiger charge is 2.14. The Kier molecular flexibility index (Phi) is 8.24. The molecule has 0 aromatic rings. The van der Waals surface area contributed by atoms with Gasteiger partial charge in [0.25, 0.3) is 0 Å². The molecule has 3 nitrogen and oxygen atoms in total. The normalized spacial score (nSPS) is 12.8. The van der Waals surface area contributed by atoms with Gasteiger partial charge in [-0.25, -0.2) is 0 Å². The maximum atomic E-state index is 10.7. The summed E-state index contributed by atoms with van der Waals surface area (Å²) in [4.78, 5) is 10.7. The number of carboxylic acids is 1. The van der Waals surface area contributed by atoms with Gasteiger partial charge < -0.3 is 10.4 Å². The highest BCUT2D eigenvalue weighted by Crippen LogP contribution is 2.04. The van der Waals surface area contributed by atoms with Gasteiger partial charge in [0.15, 0.2) is 0 Å². The van der Waals surface area contributed by atoms with Gasteiger partial charge >= 0.3 is 5.97 Å². The number of hydrogen-bond donors (Lipinski definition) is 2. The van der Waals surface area contributed by atoms with Crippen LogP contribution >= 0.6 is 11.8 Å². The van der Waals surface area contributed by atoms with Gasteiger partial charge in [-0.2, -0.15) is 11.8 Å². The Morgan fingerprint density at radius 3 is 2.69 bits per heavy atom.